The Morgan fingerprint density at radius 1 is 1.38 bits per heavy atom. The summed E-state index contributed by atoms with van der Waals surface area (Å²) in [6.07, 6.45) is 5.05. The van der Waals surface area contributed by atoms with Crippen molar-refractivity contribution in [1.29, 1.82) is 0 Å². The van der Waals surface area contributed by atoms with Crippen molar-refractivity contribution in [2.45, 2.75) is 52.0 Å². The van der Waals surface area contributed by atoms with Gasteiger partial charge in [0.15, 0.2) is 0 Å². The van der Waals surface area contributed by atoms with E-state index in [4.69, 9.17) is 5.11 Å². The maximum absolute atomic E-state index is 11.2. The first-order valence-electron chi connectivity index (χ1n) is 5.11. The summed E-state index contributed by atoms with van der Waals surface area (Å²) in [5.41, 5.74) is 0. The Kier molecular flexibility index (Phi) is 7.69. The molecule has 0 aromatic heterocycles. The molecule has 0 saturated carbocycles. The summed E-state index contributed by atoms with van der Waals surface area (Å²) in [5.74, 6) is 0.0534. The number of nitrogens with one attached hydrogen (secondary N) is 1. The molecule has 0 bridgehead atoms. The summed E-state index contributed by atoms with van der Waals surface area (Å²) in [4.78, 5) is 11.2. The Balaban J connectivity index is 3.30. The molecule has 78 valence electrons. The van der Waals surface area contributed by atoms with Crippen LogP contribution in [0.25, 0.3) is 0 Å². The first-order valence-corrected chi connectivity index (χ1v) is 5.11. The minimum absolute atomic E-state index is 0.0146. The van der Waals surface area contributed by atoms with E-state index in [1.807, 2.05) is 0 Å². The van der Waals surface area contributed by atoms with Crippen LogP contribution in [0.4, 0.5) is 0 Å². The van der Waals surface area contributed by atoms with Gasteiger partial charge in [0.05, 0.1) is 6.61 Å². The van der Waals surface area contributed by atoms with Gasteiger partial charge in [0, 0.05) is 12.5 Å². The Bertz CT molecular complexity index is 137. The SMILES string of the molecule is CCCCCCC(=O)NC(C)CO. The van der Waals surface area contributed by atoms with E-state index in [2.05, 4.69) is 12.2 Å². The van der Waals surface area contributed by atoms with Gasteiger partial charge in [0.2, 0.25) is 5.91 Å². The fraction of sp³-hybridized carbons (Fsp3) is 0.900. The van der Waals surface area contributed by atoms with Gasteiger partial charge in [-0.3, -0.25) is 4.79 Å². The van der Waals surface area contributed by atoms with Gasteiger partial charge in [-0.25, -0.2) is 0 Å². The van der Waals surface area contributed by atoms with Gasteiger partial charge in [0.25, 0.3) is 0 Å². The van der Waals surface area contributed by atoms with Crippen LogP contribution >= 0.6 is 0 Å². The molecule has 13 heavy (non-hydrogen) atoms. The average molecular weight is 187 g/mol. The average Bonchev–Trinajstić information content (AvgIpc) is 2.12. The molecule has 1 amide bonds. The van der Waals surface area contributed by atoms with E-state index in [0.717, 1.165) is 12.8 Å². The van der Waals surface area contributed by atoms with Gasteiger partial charge in [-0.05, 0) is 13.3 Å². The van der Waals surface area contributed by atoms with E-state index in [1.54, 1.807) is 6.92 Å². The molecule has 3 heteroatoms. The van der Waals surface area contributed by atoms with Crippen LogP contribution in [0, 0.1) is 0 Å². The van der Waals surface area contributed by atoms with Gasteiger partial charge in [-0.2, -0.15) is 0 Å². The first-order chi connectivity index (χ1) is 6.20. The van der Waals surface area contributed by atoms with E-state index in [1.165, 1.54) is 12.8 Å². The second-order valence-electron chi connectivity index (χ2n) is 3.46. The number of unbranched alkanes of at least 4 members (excludes halogenated alkanes) is 3. The third kappa shape index (κ3) is 7.78. The number of aliphatic hydroxyl groups excluding tert-OH is 1. The van der Waals surface area contributed by atoms with Gasteiger partial charge >= 0.3 is 0 Å². The second-order valence-corrected chi connectivity index (χ2v) is 3.46. The molecule has 0 heterocycles. The van der Waals surface area contributed by atoms with Gasteiger partial charge < -0.3 is 10.4 Å². The summed E-state index contributed by atoms with van der Waals surface area (Å²) in [7, 11) is 0. The fourth-order valence-corrected chi connectivity index (χ4v) is 1.10. The maximum Gasteiger partial charge on any atom is 0.220 e. The molecule has 3 nitrogen and oxygen atoms in total. The largest absolute Gasteiger partial charge is 0.394 e. The zero-order chi connectivity index (χ0) is 10.1. The Hall–Kier alpha value is -0.570. The molecule has 0 aliphatic carbocycles. The molecule has 0 radical (unpaired) electrons. The van der Waals surface area contributed by atoms with Crippen molar-refractivity contribution < 1.29 is 9.90 Å². The summed E-state index contributed by atoms with van der Waals surface area (Å²) in [6.45, 7) is 3.96. The maximum atomic E-state index is 11.2. The zero-order valence-corrected chi connectivity index (χ0v) is 8.68. The highest BCUT2D eigenvalue weighted by Gasteiger charge is 2.04. The Morgan fingerprint density at radius 2 is 2.08 bits per heavy atom. The number of hydrogen-bond donors (Lipinski definition) is 2. The first kappa shape index (κ1) is 12.4. The topological polar surface area (TPSA) is 49.3 Å². The monoisotopic (exact) mass is 187 g/mol. The number of carbonyl (C=O) groups is 1. The van der Waals surface area contributed by atoms with Gasteiger partial charge in [0.1, 0.15) is 0 Å². The minimum atomic E-state index is -0.112. The van der Waals surface area contributed by atoms with E-state index < -0.39 is 0 Å². The molecule has 0 aliphatic heterocycles. The number of amides is 1. The van der Waals surface area contributed by atoms with Crippen LogP contribution in [0.2, 0.25) is 0 Å². The van der Waals surface area contributed by atoms with Crippen LogP contribution in [-0.4, -0.2) is 23.7 Å². The lowest BCUT2D eigenvalue weighted by atomic mass is 10.1. The van der Waals surface area contributed by atoms with Crippen LogP contribution in [-0.2, 0) is 4.79 Å². The molecule has 0 aliphatic rings. The van der Waals surface area contributed by atoms with Crippen molar-refractivity contribution in [3.8, 4) is 0 Å². The highest BCUT2D eigenvalue weighted by molar-refractivity contribution is 5.76. The lowest BCUT2D eigenvalue weighted by molar-refractivity contribution is -0.122. The summed E-state index contributed by atoms with van der Waals surface area (Å²) >= 11 is 0. The molecular weight excluding hydrogens is 166 g/mol. The smallest absolute Gasteiger partial charge is 0.220 e. The predicted octanol–water partition coefficient (Wildman–Crippen LogP) is 1.45. The predicted molar refractivity (Wildman–Crippen MR) is 53.4 cm³/mol. The molecule has 0 aromatic rings. The van der Waals surface area contributed by atoms with Crippen molar-refractivity contribution in [3.05, 3.63) is 0 Å². The molecule has 2 N–H and O–H groups in total. The van der Waals surface area contributed by atoms with Crippen molar-refractivity contribution in [2.75, 3.05) is 6.61 Å². The molecule has 0 fully saturated rings. The van der Waals surface area contributed by atoms with Crippen molar-refractivity contribution >= 4 is 5.91 Å². The van der Waals surface area contributed by atoms with Crippen LogP contribution < -0.4 is 5.32 Å². The highest BCUT2D eigenvalue weighted by Crippen LogP contribution is 2.02. The standard InChI is InChI=1S/C10H21NO2/c1-3-4-5-6-7-10(13)11-9(2)8-12/h9,12H,3-8H2,1-2H3,(H,11,13). The van der Waals surface area contributed by atoms with Crippen LogP contribution in [0.1, 0.15) is 46.0 Å². The summed E-state index contributed by atoms with van der Waals surface area (Å²) in [5, 5.41) is 11.4. The summed E-state index contributed by atoms with van der Waals surface area (Å²) < 4.78 is 0. The molecule has 0 aromatic carbocycles. The molecule has 1 atom stereocenters. The number of rotatable bonds is 7. The second kappa shape index (κ2) is 8.05. The van der Waals surface area contributed by atoms with E-state index in [9.17, 15) is 4.79 Å². The quantitative estimate of drug-likeness (QED) is 0.593. The van der Waals surface area contributed by atoms with Crippen LogP contribution in [0.3, 0.4) is 0 Å². The number of carbonyl (C=O) groups excluding carboxylic acids is 1. The normalized spacial score (nSPS) is 12.5. The van der Waals surface area contributed by atoms with Gasteiger partial charge in [-0.15, -0.1) is 0 Å². The molecule has 0 saturated heterocycles. The lowest BCUT2D eigenvalue weighted by Crippen LogP contribution is -2.34. The molecule has 1 unspecified atom stereocenters. The number of aliphatic hydroxyl groups is 1. The third-order valence-corrected chi connectivity index (χ3v) is 1.94. The van der Waals surface area contributed by atoms with E-state index in [-0.39, 0.29) is 18.6 Å². The van der Waals surface area contributed by atoms with Crippen LogP contribution in [0.5, 0.6) is 0 Å². The third-order valence-electron chi connectivity index (χ3n) is 1.94. The zero-order valence-electron chi connectivity index (χ0n) is 8.68. The number of hydrogen-bond acceptors (Lipinski definition) is 2. The Morgan fingerprint density at radius 3 is 2.62 bits per heavy atom. The molecular formula is C10H21NO2. The Labute approximate surface area is 80.5 Å². The van der Waals surface area contributed by atoms with E-state index >= 15 is 0 Å². The van der Waals surface area contributed by atoms with Crippen molar-refractivity contribution in [3.63, 3.8) is 0 Å². The highest BCUT2D eigenvalue weighted by atomic mass is 16.3. The molecule has 0 spiro atoms. The summed E-state index contributed by atoms with van der Waals surface area (Å²) in [6, 6.07) is -0.112. The lowest BCUT2D eigenvalue weighted by Gasteiger charge is -2.10. The fourth-order valence-electron chi connectivity index (χ4n) is 1.10. The van der Waals surface area contributed by atoms with E-state index in [0.29, 0.717) is 6.42 Å². The van der Waals surface area contributed by atoms with Crippen molar-refractivity contribution in [2.24, 2.45) is 0 Å². The minimum Gasteiger partial charge on any atom is -0.394 e. The van der Waals surface area contributed by atoms with Gasteiger partial charge in [-0.1, -0.05) is 26.2 Å². The van der Waals surface area contributed by atoms with Crippen molar-refractivity contribution in [1.82, 2.24) is 5.32 Å². The molecule has 0 rings (SSSR count). The van der Waals surface area contributed by atoms with Crippen LogP contribution in [0.15, 0.2) is 0 Å².